The van der Waals surface area contributed by atoms with E-state index in [0.29, 0.717) is 5.56 Å². The molecule has 0 N–H and O–H groups in total. The van der Waals surface area contributed by atoms with Crippen molar-refractivity contribution in [3.8, 4) is 23.2 Å². The summed E-state index contributed by atoms with van der Waals surface area (Å²) < 4.78 is 7.41. The van der Waals surface area contributed by atoms with Crippen molar-refractivity contribution < 1.29 is 4.74 Å². The highest BCUT2D eigenvalue weighted by Gasteiger charge is 2.12. The van der Waals surface area contributed by atoms with Gasteiger partial charge in [0.15, 0.2) is 0 Å². The third-order valence-electron chi connectivity index (χ3n) is 3.68. The second-order valence-corrected chi connectivity index (χ2v) is 4.99. The average molecular weight is 277 g/mol. The van der Waals surface area contributed by atoms with Crippen molar-refractivity contribution in [2.24, 2.45) is 7.05 Å². The third-order valence-corrected chi connectivity index (χ3v) is 3.68. The maximum atomic E-state index is 8.99. The SMILES string of the molecule is COc1cc(-c2nc3cc(C#N)ccc3n2C)ccc1C. The Hall–Kier alpha value is -2.80. The molecule has 21 heavy (non-hydrogen) atoms. The van der Waals surface area contributed by atoms with Crippen LogP contribution in [0.1, 0.15) is 11.1 Å². The topological polar surface area (TPSA) is 50.8 Å². The molecule has 0 amide bonds. The van der Waals surface area contributed by atoms with Crippen LogP contribution < -0.4 is 4.74 Å². The molecule has 0 fully saturated rings. The molecule has 0 saturated carbocycles. The highest BCUT2D eigenvalue weighted by molar-refractivity contribution is 5.82. The Kier molecular flexibility index (Phi) is 3.11. The number of imidazole rings is 1. The molecule has 0 unspecified atom stereocenters. The fourth-order valence-corrected chi connectivity index (χ4v) is 2.49. The largest absolute Gasteiger partial charge is 0.496 e. The summed E-state index contributed by atoms with van der Waals surface area (Å²) in [6, 6.07) is 13.7. The number of hydrogen-bond donors (Lipinski definition) is 0. The predicted octanol–water partition coefficient (Wildman–Crippen LogP) is 3.43. The van der Waals surface area contributed by atoms with Crippen molar-refractivity contribution in [3.63, 3.8) is 0 Å². The summed E-state index contributed by atoms with van der Waals surface area (Å²) in [4.78, 5) is 4.65. The molecule has 3 rings (SSSR count). The quantitative estimate of drug-likeness (QED) is 0.721. The van der Waals surface area contributed by atoms with Crippen LogP contribution in [0.15, 0.2) is 36.4 Å². The van der Waals surface area contributed by atoms with E-state index < -0.39 is 0 Å². The minimum atomic E-state index is 0.619. The molecule has 0 bridgehead atoms. The molecule has 0 spiro atoms. The first kappa shape index (κ1) is 13.2. The molecular weight excluding hydrogens is 262 g/mol. The normalized spacial score (nSPS) is 10.6. The number of hydrogen-bond acceptors (Lipinski definition) is 3. The lowest BCUT2D eigenvalue weighted by Crippen LogP contribution is -1.94. The lowest BCUT2D eigenvalue weighted by Gasteiger charge is -2.07. The number of aryl methyl sites for hydroxylation is 2. The van der Waals surface area contributed by atoms with E-state index in [2.05, 4.69) is 11.1 Å². The van der Waals surface area contributed by atoms with Crippen LogP contribution in [0.25, 0.3) is 22.4 Å². The van der Waals surface area contributed by atoms with E-state index in [1.165, 1.54) is 0 Å². The lowest BCUT2D eigenvalue weighted by molar-refractivity contribution is 0.412. The van der Waals surface area contributed by atoms with E-state index in [0.717, 1.165) is 33.7 Å². The van der Waals surface area contributed by atoms with Crippen LogP contribution in [0.3, 0.4) is 0 Å². The number of aromatic nitrogens is 2. The molecule has 0 saturated heterocycles. The van der Waals surface area contributed by atoms with Gasteiger partial charge in [-0.2, -0.15) is 5.26 Å². The highest BCUT2D eigenvalue weighted by atomic mass is 16.5. The van der Waals surface area contributed by atoms with Gasteiger partial charge in [0.05, 0.1) is 29.8 Å². The molecule has 1 heterocycles. The molecule has 4 nitrogen and oxygen atoms in total. The minimum Gasteiger partial charge on any atom is -0.496 e. The first-order valence-corrected chi connectivity index (χ1v) is 6.65. The van der Waals surface area contributed by atoms with Crippen molar-refractivity contribution in [2.45, 2.75) is 6.92 Å². The van der Waals surface area contributed by atoms with Crippen LogP contribution in [0.2, 0.25) is 0 Å². The summed E-state index contributed by atoms with van der Waals surface area (Å²) in [5, 5.41) is 8.99. The maximum Gasteiger partial charge on any atom is 0.140 e. The molecule has 0 atom stereocenters. The first-order chi connectivity index (χ1) is 10.1. The van der Waals surface area contributed by atoms with Crippen LogP contribution in [-0.2, 0) is 7.05 Å². The molecular formula is C17H15N3O. The van der Waals surface area contributed by atoms with Crippen molar-refractivity contribution in [1.82, 2.24) is 9.55 Å². The van der Waals surface area contributed by atoms with Crippen LogP contribution >= 0.6 is 0 Å². The molecule has 4 heteroatoms. The second kappa shape index (κ2) is 4.95. The molecule has 0 aliphatic rings. The van der Waals surface area contributed by atoms with Crippen molar-refractivity contribution in [1.29, 1.82) is 5.26 Å². The zero-order valence-corrected chi connectivity index (χ0v) is 12.2. The molecule has 0 aliphatic carbocycles. The van der Waals surface area contributed by atoms with Gasteiger partial charge >= 0.3 is 0 Å². The predicted molar refractivity (Wildman–Crippen MR) is 82.2 cm³/mol. The maximum absolute atomic E-state index is 8.99. The molecule has 3 aromatic rings. The van der Waals surface area contributed by atoms with Crippen LogP contribution in [0.5, 0.6) is 5.75 Å². The molecule has 1 aromatic heterocycles. The molecule has 0 radical (unpaired) electrons. The summed E-state index contributed by atoms with van der Waals surface area (Å²) >= 11 is 0. The molecule has 0 aliphatic heterocycles. The summed E-state index contributed by atoms with van der Waals surface area (Å²) in [5.74, 6) is 1.70. The Balaban J connectivity index is 2.21. The van der Waals surface area contributed by atoms with Gasteiger partial charge in [-0.05, 0) is 36.8 Å². The standard InChI is InChI=1S/C17H15N3O/c1-11-4-6-13(9-16(11)21-3)17-19-14-8-12(10-18)5-7-15(14)20(17)2/h4-9H,1-3H3. The fourth-order valence-electron chi connectivity index (χ4n) is 2.49. The summed E-state index contributed by atoms with van der Waals surface area (Å²) in [6.07, 6.45) is 0. The minimum absolute atomic E-state index is 0.619. The Bertz CT molecular complexity index is 872. The van der Waals surface area contributed by atoms with Crippen LogP contribution in [0, 0.1) is 18.3 Å². The van der Waals surface area contributed by atoms with E-state index in [4.69, 9.17) is 10.00 Å². The first-order valence-electron chi connectivity index (χ1n) is 6.65. The second-order valence-electron chi connectivity index (χ2n) is 4.99. The van der Waals surface area contributed by atoms with E-state index >= 15 is 0 Å². The monoisotopic (exact) mass is 277 g/mol. The van der Waals surface area contributed by atoms with Crippen LogP contribution in [0.4, 0.5) is 0 Å². The van der Waals surface area contributed by atoms with E-state index in [1.807, 2.05) is 54.9 Å². The Morgan fingerprint density at radius 1 is 1.19 bits per heavy atom. The van der Waals surface area contributed by atoms with E-state index in [9.17, 15) is 0 Å². The number of methoxy groups -OCH3 is 1. The highest BCUT2D eigenvalue weighted by Crippen LogP contribution is 2.28. The Labute approximate surface area is 123 Å². The number of nitriles is 1. The van der Waals surface area contributed by atoms with Gasteiger partial charge in [0.25, 0.3) is 0 Å². The van der Waals surface area contributed by atoms with Crippen molar-refractivity contribution in [3.05, 3.63) is 47.5 Å². The summed E-state index contributed by atoms with van der Waals surface area (Å²) in [6.45, 7) is 2.01. The zero-order valence-electron chi connectivity index (χ0n) is 12.2. The van der Waals surface area contributed by atoms with Crippen LogP contribution in [-0.4, -0.2) is 16.7 Å². The smallest absolute Gasteiger partial charge is 0.140 e. The van der Waals surface area contributed by atoms with Crippen molar-refractivity contribution in [2.75, 3.05) is 7.11 Å². The van der Waals surface area contributed by atoms with Gasteiger partial charge in [-0.15, -0.1) is 0 Å². The number of nitrogens with zero attached hydrogens (tertiary/aromatic N) is 3. The van der Waals surface area contributed by atoms with Gasteiger partial charge < -0.3 is 9.30 Å². The average Bonchev–Trinajstić information content (AvgIpc) is 2.84. The third kappa shape index (κ3) is 2.13. The van der Waals surface area contributed by atoms with E-state index in [-0.39, 0.29) is 0 Å². The van der Waals surface area contributed by atoms with E-state index in [1.54, 1.807) is 7.11 Å². The number of fused-ring (bicyclic) bond motifs is 1. The van der Waals surface area contributed by atoms with Gasteiger partial charge in [0.1, 0.15) is 11.6 Å². The van der Waals surface area contributed by atoms with Gasteiger partial charge in [-0.1, -0.05) is 12.1 Å². The molecule has 104 valence electrons. The fraction of sp³-hybridized carbons (Fsp3) is 0.176. The zero-order chi connectivity index (χ0) is 15.0. The lowest BCUT2D eigenvalue weighted by atomic mass is 10.1. The number of rotatable bonds is 2. The number of ether oxygens (including phenoxy) is 1. The van der Waals surface area contributed by atoms with Gasteiger partial charge in [0, 0.05) is 12.6 Å². The van der Waals surface area contributed by atoms with Gasteiger partial charge in [0.2, 0.25) is 0 Å². The van der Waals surface area contributed by atoms with Gasteiger partial charge in [-0.3, -0.25) is 0 Å². The molecule has 2 aromatic carbocycles. The van der Waals surface area contributed by atoms with Gasteiger partial charge in [-0.25, -0.2) is 4.98 Å². The van der Waals surface area contributed by atoms with Crippen molar-refractivity contribution >= 4 is 11.0 Å². The Morgan fingerprint density at radius 2 is 2.00 bits per heavy atom. The summed E-state index contributed by atoms with van der Waals surface area (Å²) in [5.41, 5.74) is 4.53. The summed E-state index contributed by atoms with van der Waals surface area (Å²) in [7, 11) is 3.64. The Morgan fingerprint density at radius 3 is 2.71 bits per heavy atom. The number of benzene rings is 2.